The number of unbranched alkanes of at least 4 members (excludes halogenated alkanes) is 2. The number of nitro groups is 1. The van der Waals surface area contributed by atoms with Gasteiger partial charge in [-0.25, -0.2) is 0 Å². The van der Waals surface area contributed by atoms with Gasteiger partial charge in [0.2, 0.25) is 0 Å². The second kappa shape index (κ2) is 12.0. The van der Waals surface area contributed by atoms with E-state index in [1.807, 2.05) is 12.1 Å². The van der Waals surface area contributed by atoms with Crippen LogP contribution in [-0.2, 0) is 6.54 Å². The molecule has 0 unspecified atom stereocenters. The van der Waals surface area contributed by atoms with Crippen molar-refractivity contribution in [2.24, 2.45) is 0 Å². The summed E-state index contributed by atoms with van der Waals surface area (Å²) in [5.41, 5.74) is 1.24. The fraction of sp³-hybridized carbons (Fsp3) is 0.667. The monoisotopic (exact) mass is 321 g/mol. The zero-order valence-electron chi connectivity index (χ0n) is 14.6. The van der Waals surface area contributed by atoms with E-state index < -0.39 is 0 Å². The first kappa shape index (κ1) is 19.6. The average molecular weight is 321 g/mol. The zero-order valence-corrected chi connectivity index (χ0v) is 14.6. The van der Waals surface area contributed by atoms with Crippen LogP contribution in [0.1, 0.15) is 51.5 Å². The molecular weight excluding hydrogens is 290 g/mol. The van der Waals surface area contributed by atoms with Crippen LogP contribution in [0.25, 0.3) is 0 Å². The standard InChI is InChI=1S/C18H31N3O2/c1-3-5-13-20(14-6-4-2)15-7-12-19-16-17-8-10-18(11-9-17)21(22)23/h8-11,19H,3-7,12-16H2,1-2H3. The molecule has 0 aliphatic heterocycles. The Hall–Kier alpha value is -1.46. The third kappa shape index (κ3) is 8.67. The van der Waals surface area contributed by atoms with Gasteiger partial charge in [-0.3, -0.25) is 10.1 Å². The number of nitrogens with one attached hydrogen (secondary N) is 1. The molecule has 0 fully saturated rings. The van der Waals surface area contributed by atoms with Gasteiger partial charge in [-0.1, -0.05) is 38.8 Å². The Bertz CT molecular complexity index is 426. The van der Waals surface area contributed by atoms with Crippen LogP contribution in [0.15, 0.2) is 24.3 Å². The molecule has 0 aliphatic rings. The Morgan fingerprint density at radius 1 is 1.00 bits per heavy atom. The second-order valence-corrected chi connectivity index (χ2v) is 6.00. The van der Waals surface area contributed by atoms with Crippen molar-refractivity contribution in [1.82, 2.24) is 10.2 Å². The highest BCUT2D eigenvalue weighted by Crippen LogP contribution is 2.11. The largest absolute Gasteiger partial charge is 0.313 e. The molecule has 0 heterocycles. The maximum Gasteiger partial charge on any atom is 0.269 e. The van der Waals surface area contributed by atoms with Crippen molar-refractivity contribution in [1.29, 1.82) is 0 Å². The first-order chi connectivity index (χ1) is 11.2. The van der Waals surface area contributed by atoms with Crippen molar-refractivity contribution in [2.45, 2.75) is 52.5 Å². The molecular formula is C18H31N3O2. The molecule has 5 nitrogen and oxygen atoms in total. The number of nitrogens with zero attached hydrogens (tertiary/aromatic N) is 2. The van der Waals surface area contributed by atoms with Gasteiger partial charge in [-0.15, -0.1) is 0 Å². The molecule has 0 bridgehead atoms. The number of non-ortho nitro benzene ring substituents is 1. The first-order valence-corrected chi connectivity index (χ1v) is 8.83. The number of rotatable bonds is 13. The summed E-state index contributed by atoms with van der Waals surface area (Å²) in [7, 11) is 0. The van der Waals surface area contributed by atoms with Crippen molar-refractivity contribution >= 4 is 5.69 Å². The average Bonchev–Trinajstić information content (AvgIpc) is 2.56. The van der Waals surface area contributed by atoms with Crippen molar-refractivity contribution in [3.63, 3.8) is 0 Å². The quantitative estimate of drug-likeness (QED) is 0.339. The summed E-state index contributed by atoms with van der Waals surface area (Å²) in [4.78, 5) is 12.8. The number of hydrogen-bond acceptors (Lipinski definition) is 4. The topological polar surface area (TPSA) is 58.4 Å². The zero-order chi connectivity index (χ0) is 16.9. The van der Waals surface area contributed by atoms with Crippen LogP contribution in [0.3, 0.4) is 0 Å². The van der Waals surface area contributed by atoms with Crippen LogP contribution in [0.4, 0.5) is 5.69 Å². The maximum atomic E-state index is 10.6. The molecule has 0 radical (unpaired) electrons. The number of benzene rings is 1. The fourth-order valence-electron chi connectivity index (χ4n) is 2.49. The normalized spacial score (nSPS) is 11.1. The van der Waals surface area contributed by atoms with E-state index in [-0.39, 0.29) is 10.6 Å². The summed E-state index contributed by atoms with van der Waals surface area (Å²) in [6.45, 7) is 9.78. The van der Waals surface area contributed by atoms with Crippen LogP contribution in [0.5, 0.6) is 0 Å². The van der Waals surface area contributed by atoms with Gasteiger partial charge in [-0.05, 0) is 51.0 Å². The predicted octanol–water partition coefficient (Wildman–Crippen LogP) is 3.98. The van der Waals surface area contributed by atoms with Crippen LogP contribution in [0, 0.1) is 10.1 Å². The lowest BCUT2D eigenvalue weighted by atomic mass is 10.2. The van der Waals surface area contributed by atoms with Crippen LogP contribution < -0.4 is 5.32 Å². The maximum absolute atomic E-state index is 10.6. The molecule has 0 saturated carbocycles. The third-order valence-electron chi connectivity index (χ3n) is 3.96. The third-order valence-corrected chi connectivity index (χ3v) is 3.96. The van der Waals surface area contributed by atoms with E-state index in [1.54, 1.807) is 12.1 Å². The van der Waals surface area contributed by atoms with Crippen molar-refractivity contribution in [2.75, 3.05) is 26.2 Å². The summed E-state index contributed by atoms with van der Waals surface area (Å²) >= 11 is 0. The molecule has 1 N–H and O–H groups in total. The molecule has 5 heteroatoms. The molecule has 1 aromatic rings. The first-order valence-electron chi connectivity index (χ1n) is 8.83. The molecule has 0 aromatic heterocycles. The molecule has 0 atom stereocenters. The molecule has 130 valence electrons. The van der Waals surface area contributed by atoms with Gasteiger partial charge < -0.3 is 10.2 Å². The van der Waals surface area contributed by atoms with Crippen molar-refractivity contribution in [3.05, 3.63) is 39.9 Å². The van der Waals surface area contributed by atoms with E-state index >= 15 is 0 Å². The van der Waals surface area contributed by atoms with Gasteiger partial charge in [-0.2, -0.15) is 0 Å². The summed E-state index contributed by atoms with van der Waals surface area (Å²) in [6.07, 6.45) is 6.20. The smallest absolute Gasteiger partial charge is 0.269 e. The summed E-state index contributed by atoms with van der Waals surface area (Å²) in [6, 6.07) is 6.77. The minimum Gasteiger partial charge on any atom is -0.313 e. The predicted molar refractivity (Wildman–Crippen MR) is 95.7 cm³/mol. The van der Waals surface area contributed by atoms with Gasteiger partial charge in [0.05, 0.1) is 4.92 Å². The van der Waals surface area contributed by atoms with Gasteiger partial charge in [0, 0.05) is 18.7 Å². The highest BCUT2D eigenvalue weighted by Gasteiger charge is 2.05. The molecule has 0 aliphatic carbocycles. The van der Waals surface area contributed by atoms with E-state index in [0.717, 1.165) is 31.6 Å². The lowest BCUT2D eigenvalue weighted by Crippen LogP contribution is -2.29. The molecule has 0 saturated heterocycles. The summed E-state index contributed by atoms with van der Waals surface area (Å²) in [5, 5.41) is 14.0. The molecule has 0 amide bonds. The van der Waals surface area contributed by atoms with Crippen LogP contribution in [-0.4, -0.2) is 36.0 Å². The number of nitro benzene ring substituents is 1. The SMILES string of the molecule is CCCCN(CCCC)CCCNCc1ccc([N+](=O)[O-])cc1. The van der Waals surface area contributed by atoms with Gasteiger partial charge >= 0.3 is 0 Å². The molecule has 1 aromatic carbocycles. The molecule has 0 spiro atoms. The Morgan fingerprint density at radius 3 is 2.09 bits per heavy atom. The van der Waals surface area contributed by atoms with Gasteiger partial charge in [0.25, 0.3) is 5.69 Å². The molecule has 1 rings (SSSR count). The van der Waals surface area contributed by atoms with E-state index in [0.29, 0.717) is 0 Å². The highest BCUT2D eigenvalue weighted by molar-refractivity contribution is 5.32. The fourth-order valence-corrected chi connectivity index (χ4v) is 2.49. The van der Waals surface area contributed by atoms with Crippen molar-refractivity contribution in [3.8, 4) is 0 Å². The van der Waals surface area contributed by atoms with Crippen LogP contribution >= 0.6 is 0 Å². The minimum atomic E-state index is -0.363. The Morgan fingerprint density at radius 2 is 1.57 bits per heavy atom. The second-order valence-electron chi connectivity index (χ2n) is 6.00. The van der Waals surface area contributed by atoms with E-state index in [4.69, 9.17) is 0 Å². The number of hydrogen-bond donors (Lipinski definition) is 1. The lowest BCUT2D eigenvalue weighted by Gasteiger charge is -2.21. The Labute approximate surface area is 140 Å². The van der Waals surface area contributed by atoms with Crippen molar-refractivity contribution < 1.29 is 4.92 Å². The Kier molecular flexibility index (Phi) is 10.2. The molecule has 23 heavy (non-hydrogen) atoms. The minimum absolute atomic E-state index is 0.149. The van der Waals surface area contributed by atoms with E-state index in [2.05, 4.69) is 24.1 Å². The van der Waals surface area contributed by atoms with Crippen LogP contribution in [0.2, 0.25) is 0 Å². The summed E-state index contributed by atoms with van der Waals surface area (Å²) < 4.78 is 0. The van der Waals surface area contributed by atoms with E-state index in [9.17, 15) is 10.1 Å². The van der Waals surface area contributed by atoms with E-state index in [1.165, 1.54) is 38.8 Å². The summed E-state index contributed by atoms with van der Waals surface area (Å²) in [5.74, 6) is 0. The lowest BCUT2D eigenvalue weighted by molar-refractivity contribution is -0.384. The van der Waals surface area contributed by atoms with Gasteiger partial charge in [0.1, 0.15) is 0 Å². The van der Waals surface area contributed by atoms with Gasteiger partial charge in [0.15, 0.2) is 0 Å². The highest BCUT2D eigenvalue weighted by atomic mass is 16.6. The Balaban J connectivity index is 2.20.